The first-order chi connectivity index (χ1) is 9.24. The van der Waals surface area contributed by atoms with E-state index in [1.165, 1.54) is 5.56 Å². The van der Waals surface area contributed by atoms with Crippen LogP contribution in [0.4, 0.5) is 0 Å². The number of hydrogen-bond acceptors (Lipinski definition) is 4. The third kappa shape index (κ3) is 3.53. The van der Waals surface area contributed by atoms with Crippen LogP contribution in [0.25, 0.3) is 0 Å². The molecule has 1 atom stereocenters. The average Bonchev–Trinajstić information content (AvgIpc) is 2.48. The number of nitrogens with one attached hydrogen (secondary N) is 1. The first kappa shape index (κ1) is 14.0. The van der Waals surface area contributed by atoms with Gasteiger partial charge in [-0.2, -0.15) is 0 Å². The van der Waals surface area contributed by atoms with E-state index in [0.717, 1.165) is 32.7 Å². The molecule has 1 aromatic rings. The predicted octanol–water partition coefficient (Wildman–Crippen LogP) is 0.901. The van der Waals surface area contributed by atoms with Crippen LogP contribution in [-0.4, -0.2) is 36.6 Å². The van der Waals surface area contributed by atoms with E-state index in [2.05, 4.69) is 17.2 Å². The average molecular weight is 263 g/mol. The lowest BCUT2D eigenvalue weighted by molar-refractivity contribution is -0.0127. The molecule has 0 spiro atoms. The van der Waals surface area contributed by atoms with E-state index in [1.807, 2.05) is 12.1 Å². The summed E-state index contributed by atoms with van der Waals surface area (Å²) in [5, 5.41) is 0. The fourth-order valence-electron chi connectivity index (χ4n) is 2.35. The Labute approximate surface area is 113 Å². The minimum absolute atomic E-state index is 0.260. The molecule has 5 nitrogen and oxygen atoms in total. The van der Waals surface area contributed by atoms with Crippen molar-refractivity contribution in [3.63, 3.8) is 0 Å². The number of amides is 1. The van der Waals surface area contributed by atoms with Gasteiger partial charge in [0.15, 0.2) is 0 Å². The zero-order chi connectivity index (χ0) is 13.7. The Bertz CT molecular complexity index is 419. The fraction of sp³-hybridized carbons (Fsp3) is 0.500. The normalized spacial score (nSPS) is 20.2. The van der Waals surface area contributed by atoms with E-state index in [-0.39, 0.29) is 5.91 Å². The summed E-state index contributed by atoms with van der Waals surface area (Å²) in [6.07, 6.45) is 1.09. The lowest BCUT2D eigenvalue weighted by atomic mass is 10.1. The van der Waals surface area contributed by atoms with Crippen LogP contribution in [0.2, 0.25) is 0 Å². The van der Waals surface area contributed by atoms with Crippen LogP contribution in [0.3, 0.4) is 0 Å². The Kier molecular flexibility index (Phi) is 4.90. The lowest BCUT2D eigenvalue weighted by Crippen LogP contribution is -2.44. The highest BCUT2D eigenvalue weighted by Gasteiger charge is 2.21. The maximum atomic E-state index is 11.4. The molecule has 0 aromatic heterocycles. The SMILES string of the molecule is CCC1COCCN1Cc1ccc(C(=O)NN)cc1. The number of rotatable bonds is 4. The highest BCUT2D eigenvalue weighted by atomic mass is 16.5. The third-order valence-corrected chi connectivity index (χ3v) is 3.55. The molecule has 104 valence electrons. The summed E-state index contributed by atoms with van der Waals surface area (Å²) in [4.78, 5) is 13.8. The van der Waals surface area contributed by atoms with E-state index in [1.54, 1.807) is 12.1 Å². The molecule has 0 aliphatic carbocycles. The first-order valence-electron chi connectivity index (χ1n) is 6.66. The smallest absolute Gasteiger partial charge is 0.265 e. The number of ether oxygens (including phenoxy) is 1. The highest BCUT2D eigenvalue weighted by molar-refractivity contribution is 5.93. The van der Waals surface area contributed by atoms with E-state index < -0.39 is 0 Å². The number of nitrogens with two attached hydrogens (primary N) is 1. The van der Waals surface area contributed by atoms with Crippen LogP contribution >= 0.6 is 0 Å². The van der Waals surface area contributed by atoms with Crippen molar-refractivity contribution >= 4 is 5.91 Å². The van der Waals surface area contributed by atoms with Gasteiger partial charge in [-0.3, -0.25) is 15.1 Å². The van der Waals surface area contributed by atoms with Gasteiger partial charge in [0.05, 0.1) is 13.2 Å². The van der Waals surface area contributed by atoms with Crippen molar-refractivity contribution < 1.29 is 9.53 Å². The van der Waals surface area contributed by atoms with E-state index >= 15 is 0 Å². The molecule has 1 heterocycles. The van der Waals surface area contributed by atoms with Crippen LogP contribution in [0.5, 0.6) is 0 Å². The molecule has 5 heteroatoms. The van der Waals surface area contributed by atoms with E-state index in [9.17, 15) is 4.79 Å². The topological polar surface area (TPSA) is 67.6 Å². The van der Waals surface area contributed by atoms with Crippen LogP contribution < -0.4 is 11.3 Å². The number of nitrogens with zero attached hydrogens (tertiary/aromatic N) is 1. The van der Waals surface area contributed by atoms with Crippen molar-refractivity contribution in [2.75, 3.05) is 19.8 Å². The summed E-state index contributed by atoms with van der Waals surface area (Å²) in [6.45, 7) is 5.64. The zero-order valence-electron chi connectivity index (χ0n) is 11.3. The summed E-state index contributed by atoms with van der Waals surface area (Å²) in [5.74, 6) is 4.85. The highest BCUT2D eigenvalue weighted by Crippen LogP contribution is 2.15. The van der Waals surface area contributed by atoms with E-state index in [4.69, 9.17) is 10.6 Å². The summed E-state index contributed by atoms with van der Waals surface area (Å²) in [6, 6.07) is 8.05. The summed E-state index contributed by atoms with van der Waals surface area (Å²) >= 11 is 0. The van der Waals surface area contributed by atoms with Gasteiger partial charge in [0, 0.05) is 24.7 Å². The van der Waals surface area contributed by atoms with Crippen molar-refractivity contribution in [3.8, 4) is 0 Å². The largest absolute Gasteiger partial charge is 0.378 e. The Morgan fingerprint density at radius 2 is 2.21 bits per heavy atom. The standard InChI is InChI=1S/C14H21N3O2/c1-2-13-10-19-8-7-17(13)9-11-3-5-12(6-4-11)14(18)16-15/h3-6,13H,2,7-10,15H2,1H3,(H,16,18). The number of benzene rings is 1. The monoisotopic (exact) mass is 263 g/mol. The van der Waals surface area contributed by atoms with Crippen molar-refractivity contribution in [1.29, 1.82) is 0 Å². The van der Waals surface area contributed by atoms with E-state index in [0.29, 0.717) is 11.6 Å². The quantitative estimate of drug-likeness (QED) is 0.481. The minimum atomic E-state index is -0.260. The molecule has 1 aliphatic heterocycles. The van der Waals surface area contributed by atoms with Crippen molar-refractivity contribution in [2.24, 2.45) is 5.84 Å². The molecule has 1 saturated heterocycles. The van der Waals surface area contributed by atoms with Gasteiger partial charge >= 0.3 is 0 Å². The molecule has 1 aliphatic rings. The fourth-order valence-corrected chi connectivity index (χ4v) is 2.35. The van der Waals surface area contributed by atoms with Gasteiger partial charge in [0.25, 0.3) is 5.91 Å². The number of carbonyl (C=O) groups excluding carboxylic acids is 1. The van der Waals surface area contributed by atoms with Crippen LogP contribution in [0.15, 0.2) is 24.3 Å². The van der Waals surface area contributed by atoms with Gasteiger partial charge < -0.3 is 4.74 Å². The Morgan fingerprint density at radius 1 is 1.47 bits per heavy atom. The number of carbonyl (C=O) groups is 1. The Balaban J connectivity index is 2.00. The van der Waals surface area contributed by atoms with Crippen molar-refractivity contribution in [3.05, 3.63) is 35.4 Å². The van der Waals surface area contributed by atoms with Crippen molar-refractivity contribution in [2.45, 2.75) is 25.9 Å². The maximum absolute atomic E-state index is 11.4. The van der Waals surface area contributed by atoms with Gasteiger partial charge in [0.2, 0.25) is 0 Å². The van der Waals surface area contributed by atoms with Crippen molar-refractivity contribution in [1.82, 2.24) is 10.3 Å². The number of hydrazine groups is 1. The molecule has 3 N–H and O–H groups in total. The van der Waals surface area contributed by atoms with Gasteiger partial charge in [-0.25, -0.2) is 5.84 Å². The maximum Gasteiger partial charge on any atom is 0.265 e. The third-order valence-electron chi connectivity index (χ3n) is 3.55. The number of morpholine rings is 1. The molecule has 0 radical (unpaired) electrons. The second-order valence-corrected chi connectivity index (χ2v) is 4.78. The molecule has 0 bridgehead atoms. The van der Waals surface area contributed by atoms with Crippen LogP contribution in [0, 0.1) is 0 Å². The molecule has 1 amide bonds. The Morgan fingerprint density at radius 3 is 2.84 bits per heavy atom. The van der Waals surface area contributed by atoms with Gasteiger partial charge in [0.1, 0.15) is 0 Å². The summed E-state index contributed by atoms with van der Waals surface area (Å²) < 4.78 is 5.50. The van der Waals surface area contributed by atoms with Gasteiger partial charge in [-0.05, 0) is 24.1 Å². The van der Waals surface area contributed by atoms with Gasteiger partial charge in [-0.15, -0.1) is 0 Å². The first-order valence-corrected chi connectivity index (χ1v) is 6.66. The number of nitrogen functional groups attached to an aromatic ring is 1. The van der Waals surface area contributed by atoms with Gasteiger partial charge in [-0.1, -0.05) is 19.1 Å². The molecule has 1 aromatic carbocycles. The number of hydrogen-bond donors (Lipinski definition) is 2. The lowest BCUT2D eigenvalue weighted by Gasteiger charge is -2.35. The second-order valence-electron chi connectivity index (χ2n) is 4.78. The summed E-state index contributed by atoms with van der Waals surface area (Å²) in [7, 11) is 0. The second kappa shape index (κ2) is 6.65. The molecule has 19 heavy (non-hydrogen) atoms. The van der Waals surface area contributed by atoms with Crippen LogP contribution in [0.1, 0.15) is 29.3 Å². The molecule has 2 rings (SSSR count). The molecular formula is C14H21N3O2. The minimum Gasteiger partial charge on any atom is -0.378 e. The zero-order valence-corrected chi connectivity index (χ0v) is 11.3. The predicted molar refractivity (Wildman–Crippen MR) is 73.4 cm³/mol. The summed E-state index contributed by atoms with van der Waals surface area (Å²) in [5.41, 5.74) is 3.92. The Hall–Kier alpha value is -1.43. The molecular weight excluding hydrogens is 242 g/mol. The molecule has 1 unspecified atom stereocenters. The molecule has 0 saturated carbocycles. The van der Waals surface area contributed by atoms with Crippen LogP contribution in [-0.2, 0) is 11.3 Å². The molecule has 1 fully saturated rings.